The van der Waals surface area contributed by atoms with Crippen molar-refractivity contribution in [1.82, 2.24) is 0 Å². The molecule has 0 heterocycles. The molecule has 2 N–H and O–H groups in total. The molecule has 1 unspecified atom stereocenters. The molecule has 0 bridgehead atoms. The van der Waals surface area contributed by atoms with E-state index in [1.807, 2.05) is 19.1 Å². The van der Waals surface area contributed by atoms with Gasteiger partial charge >= 0.3 is 0 Å². The highest BCUT2D eigenvalue weighted by Crippen LogP contribution is 2.30. The Bertz CT molecular complexity index is 562. The zero-order valence-corrected chi connectivity index (χ0v) is 11.3. The Kier molecular flexibility index (Phi) is 3.91. The Balaban J connectivity index is 2.48. The van der Waals surface area contributed by atoms with E-state index in [9.17, 15) is 4.39 Å². The van der Waals surface area contributed by atoms with Crippen molar-refractivity contribution in [2.45, 2.75) is 13.0 Å². The molecule has 0 amide bonds. The van der Waals surface area contributed by atoms with Gasteiger partial charge in [0.25, 0.3) is 0 Å². The van der Waals surface area contributed by atoms with Crippen molar-refractivity contribution in [3.05, 3.63) is 57.8 Å². The van der Waals surface area contributed by atoms with Crippen LogP contribution in [0.15, 0.2) is 36.4 Å². The maximum Gasteiger partial charge on any atom is 0.125 e. The molecule has 0 fully saturated rings. The summed E-state index contributed by atoms with van der Waals surface area (Å²) in [5, 5.41) is 0.931. The van der Waals surface area contributed by atoms with Crippen LogP contribution in [0.1, 0.15) is 18.5 Å². The third-order valence-electron chi connectivity index (χ3n) is 2.69. The number of hydrogen-bond acceptors (Lipinski definition) is 1. The molecule has 0 radical (unpaired) electrons. The fourth-order valence-corrected chi connectivity index (χ4v) is 2.37. The normalized spacial score (nSPS) is 12.5. The molecule has 94 valence electrons. The molecule has 1 atom stereocenters. The minimum Gasteiger partial charge on any atom is -0.324 e. The van der Waals surface area contributed by atoms with Gasteiger partial charge in [-0.1, -0.05) is 35.3 Å². The molecule has 18 heavy (non-hydrogen) atoms. The SMILES string of the molecule is CC(N)c1ccc(-c2cc(F)cc(Cl)c2)cc1Cl. The summed E-state index contributed by atoms with van der Waals surface area (Å²) in [5.74, 6) is -0.370. The number of benzene rings is 2. The van der Waals surface area contributed by atoms with Gasteiger partial charge in [-0.25, -0.2) is 4.39 Å². The first-order valence-corrected chi connectivity index (χ1v) is 6.24. The highest BCUT2D eigenvalue weighted by Gasteiger charge is 2.08. The van der Waals surface area contributed by atoms with Gasteiger partial charge in [0.2, 0.25) is 0 Å². The fraction of sp³-hybridized carbons (Fsp3) is 0.143. The van der Waals surface area contributed by atoms with Crippen molar-refractivity contribution in [2.24, 2.45) is 5.73 Å². The van der Waals surface area contributed by atoms with Gasteiger partial charge in [0.05, 0.1) is 0 Å². The van der Waals surface area contributed by atoms with Crippen LogP contribution >= 0.6 is 23.2 Å². The van der Waals surface area contributed by atoms with Crippen LogP contribution in [0.4, 0.5) is 4.39 Å². The highest BCUT2D eigenvalue weighted by atomic mass is 35.5. The maximum atomic E-state index is 13.3. The molecule has 0 aromatic heterocycles. The molecule has 0 saturated carbocycles. The van der Waals surface area contributed by atoms with Crippen molar-refractivity contribution in [3.63, 3.8) is 0 Å². The molecule has 0 aliphatic carbocycles. The number of nitrogens with two attached hydrogens (primary N) is 1. The van der Waals surface area contributed by atoms with E-state index < -0.39 is 0 Å². The quantitative estimate of drug-likeness (QED) is 0.840. The second kappa shape index (κ2) is 5.27. The van der Waals surface area contributed by atoms with Gasteiger partial charge in [-0.15, -0.1) is 0 Å². The molecule has 2 aromatic rings. The molecule has 1 nitrogen and oxygen atoms in total. The van der Waals surface area contributed by atoms with Gasteiger partial charge in [-0.2, -0.15) is 0 Å². The number of halogens is 3. The lowest BCUT2D eigenvalue weighted by molar-refractivity contribution is 0.628. The van der Waals surface area contributed by atoms with Crippen LogP contribution in [0, 0.1) is 5.82 Å². The lowest BCUT2D eigenvalue weighted by Gasteiger charge is -2.10. The number of rotatable bonds is 2. The molecular formula is C14H12Cl2FN. The standard InChI is InChI=1S/C14H12Cl2FN/c1-8(18)13-3-2-9(6-14(13)16)10-4-11(15)7-12(17)5-10/h2-8H,18H2,1H3. The topological polar surface area (TPSA) is 26.0 Å². The van der Waals surface area contributed by atoms with Gasteiger partial charge in [0.15, 0.2) is 0 Å². The summed E-state index contributed by atoms with van der Waals surface area (Å²) < 4.78 is 13.3. The van der Waals surface area contributed by atoms with Crippen molar-refractivity contribution in [1.29, 1.82) is 0 Å². The monoisotopic (exact) mass is 283 g/mol. The predicted molar refractivity (Wildman–Crippen MR) is 74.5 cm³/mol. The molecule has 2 rings (SSSR count). The predicted octanol–water partition coefficient (Wildman–Crippen LogP) is 4.82. The molecule has 4 heteroatoms. The smallest absolute Gasteiger partial charge is 0.125 e. The first-order valence-electron chi connectivity index (χ1n) is 5.49. The second-order valence-electron chi connectivity index (χ2n) is 4.18. The van der Waals surface area contributed by atoms with Gasteiger partial charge in [-0.3, -0.25) is 0 Å². The summed E-state index contributed by atoms with van der Waals surface area (Å²) in [6, 6.07) is 9.72. The van der Waals surface area contributed by atoms with Crippen molar-refractivity contribution in [3.8, 4) is 11.1 Å². The zero-order valence-electron chi connectivity index (χ0n) is 9.75. The Labute approximate surface area is 115 Å². The molecule has 0 saturated heterocycles. The van der Waals surface area contributed by atoms with E-state index in [-0.39, 0.29) is 11.9 Å². The fourth-order valence-electron chi connectivity index (χ4n) is 1.80. The third-order valence-corrected chi connectivity index (χ3v) is 3.23. The van der Waals surface area contributed by atoms with Crippen LogP contribution in [-0.4, -0.2) is 0 Å². The lowest BCUT2D eigenvalue weighted by atomic mass is 10.0. The highest BCUT2D eigenvalue weighted by molar-refractivity contribution is 6.32. The summed E-state index contributed by atoms with van der Waals surface area (Å²) in [7, 11) is 0. The van der Waals surface area contributed by atoms with Crippen LogP contribution in [0.2, 0.25) is 10.0 Å². The zero-order chi connectivity index (χ0) is 13.3. The molecule has 0 spiro atoms. The summed E-state index contributed by atoms with van der Waals surface area (Å²) in [5.41, 5.74) is 8.15. The maximum absolute atomic E-state index is 13.3. The van der Waals surface area contributed by atoms with E-state index in [4.69, 9.17) is 28.9 Å². The average Bonchev–Trinajstić information content (AvgIpc) is 2.26. The summed E-state index contributed by atoms with van der Waals surface area (Å²) in [6.07, 6.45) is 0. The van der Waals surface area contributed by atoms with E-state index in [0.29, 0.717) is 15.6 Å². The van der Waals surface area contributed by atoms with E-state index in [1.54, 1.807) is 12.1 Å². The average molecular weight is 284 g/mol. The van der Waals surface area contributed by atoms with E-state index in [0.717, 1.165) is 11.1 Å². The number of hydrogen-bond donors (Lipinski definition) is 1. The van der Waals surface area contributed by atoms with Crippen LogP contribution in [0.3, 0.4) is 0 Å². The summed E-state index contributed by atoms with van der Waals surface area (Å²) in [6.45, 7) is 1.86. The third kappa shape index (κ3) is 2.83. The van der Waals surface area contributed by atoms with Gasteiger partial charge in [-0.05, 0) is 47.9 Å². The summed E-state index contributed by atoms with van der Waals surface area (Å²) >= 11 is 12.0. The molecule has 0 aliphatic rings. The largest absolute Gasteiger partial charge is 0.324 e. The van der Waals surface area contributed by atoms with Crippen molar-refractivity contribution < 1.29 is 4.39 Å². The Morgan fingerprint density at radius 3 is 2.33 bits per heavy atom. The molecule has 2 aromatic carbocycles. The van der Waals surface area contributed by atoms with Crippen molar-refractivity contribution >= 4 is 23.2 Å². The van der Waals surface area contributed by atoms with E-state index in [1.165, 1.54) is 12.1 Å². The van der Waals surface area contributed by atoms with Crippen LogP contribution in [-0.2, 0) is 0 Å². The Hall–Kier alpha value is -1.09. The van der Waals surface area contributed by atoms with Gasteiger partial charge in [0.1, 0.15) is 5.82 Å². The molecule has 0 aliphatic heterocycles. The first-order chi connectivity index (χ1) is 8.47. The van der Waals surface area contributed by atoms with Crippen LogP contribution in [0.25, 0.3) is 11.1 Å². The Morgan fingerprint density at radius 1 is 1.06 bits per heavy atom. The van der Waals surface area contributed by atoms with E-state index >= 15 is 0 Å². The summed E-state index contributed by atoms with van der Waals surface area (Å²) in [4.78, 5) is 0. The minimum absolute atomic E-state index is 0.136. The van der Waals surface area contributed by atoms with Gasteiger partial charge in [0, 0.05) is 16.1 Å². The lowest BCUT2D eigenvalue weighted by Crippen LogP contribution is -2.05. The second-order valence-corrected chi connectivity index (χ2v) is 5.03. The van der Waals surface area contributed by atoms with Crippen LogP contribution < -0.4 is 5.73 Å². The minimum atomic E-state index is -0.370. The van der Waals surface area contributed by atoms with Gasteiger partial charge < -0.3 is 5.73 Å². The van der Waals surface area contributed by atoms with Crippen LogP contribution in [0.5, 0.6) is 0 Å². The van der Waals surface area contributed by atoms with E-state index in [2.05, 4.69) is 0 Å². The van der Waals surface area contributed by atoms with Crippen molar-refractivity contribution in [2.75, 3.05) is 0 Å². The Morgan fingerprint density at radius 2 is 1.78 bits per heavy atom. The first kappa shape index (κ1) is 13.3. The molecular weight excluding hydrogens is 272 g/mol.